The van der Waals surface area contributed by atoms with E-state index in [0.29, 0.717) is 17.0 Å². The van der Waals surface area contributed by atoms with E-state index in [0.717, 1.165) is 0 Å². The summed E-state index contributed by atoms with van der Waals surface area (Å²) in [5, 5.41) is 33.2. The van der Waals surface area contributed by atoms with E-state index >= 15 is 0 Å². The standard InChI is InChI=1S/C18H12N4O3/c19-10-12(11-20)16-14-8-4-5-9-15(14)25-18(17(16)22(23)24)21-13-6-2-1-3-7-13/h1-9,12,16,21H. The molecule has 0 saturated carbocycles. The zero-order valence-electron chi connectivity index (χ0n) is 12.9. The summed E-state index contributed by atoms with van der Waals surface area (Å²) in [4.78, 5) is 11.1. The number of nitrogens with zero attached hydrogens (tertiary/aromatic N) is 3. The maximum Gasteiger partial charge on any atom is 0.315 e. The molecule has 2 aromatic carbocycles. The number of hydrogen-bond donors (Lipinski definition) is 1. The van der Waals surface area contributed by atoms with Crippen molar-refractivity contribution >= 4 is 5.69 Å². The first-order chi connectivity index (χ1) is 12.2. The summed E-state index contributed by atoms with van der Waals surface area (Å²) >= 11 is 0. The molecule has 1 N–H and O–H groups in total. The molecular weight excluding hydrogens is 320 g/mol. The SMILES string of the molecule is N#CC(C#N)C1C([N+](=O)[O-])=C(Nc2ccccc2)Oc2ccccc21. The van der Waals surface area contributed by atoms with Crippen molar-refractivity contribution in [2.24, 2.45) is 5.92 Å². The Labute approximate surface area is 143 Å². The summed E-state index contributed by atoms with van der Waals surface area (Å²) in [6.45, 7) is 0. The second-order valence-electron chi connectivity index (χ2n) is 5.32. The van der Waals surface area contributed by atoms with E-state index in [1.54, 1.807) is 48.5 Å². The number of nitro groups is 1. The summed E-state index contributed by atoms with van der Waals surface area (Å²) in [5.41, 5.74) is 0.706. The van der Waals surface area contributed by atoms with Gasteiger partial charge in [0.1, 0.15) is 11.7 Å². The maximum atomic E-state index is 11.7. The van der Waals surface area contributed by atoms with E-state index < -0.39 is 16.8 Å². The van der Waals surface area contributed by atoms with Crippen LogP contribution in [0.3, 0.4) is 0 Å². The van der Waals surface area contributed by atoms with Crippen LogP contribution >= 0.6 is 0 Å². The lowest BCUT2D eigenvalue weighted by Gasteiger charge is -2.26. The van der Waals surface area contributed by atoms with Crippen molar-refractivity contribution in [1.82, 2.24) is 0 Å². The van der Waals surface area contributed by atoms with Crippen molar-refractivity contribution in [3.63, 3.8) is 0 Å². The van der Waals surface area contributed by atoms with Crippen LogP contribution in [0.2, 0.25) is 0 Å². The van der Waals surface area contributed by atoms with Crippen LogP contribution in [0.1, 0.15) is 11.5 Å². The first-order valence-corrected chi connectivity index (χ1v) is 7.42. The van der Waals surface area contributed by atoms with Crippen molar-refractivity contribution in [2.45, 2.75) is 5.92 Å². The molecule has 7 heteroatoms. The van der Waals surface area contributed by atoms with E-state index in [4.69, 9.17) is 4.74 Å². The number of hydrogen-bond acceptors (Lipinski definition) is 6. The smallest absolute Gasteiger partial charge is 0.315 e. The molecule has 1 heterocycles. The number of nitrogens with one attached hydrogen (secondary N) is 1. The molecule has 3 rings (SSSR count). The Balaban J connectivity index is 2.16. The lowest BCUT2D eigenvalue weighted by Crippen LogP contribution is -2.28. The summed E-state index contributed by atoms with van der Waals surface area (Å²) < 4.78 is 5.69. The lowest BCUT2D eigenvalue weighted by molar-refractivity contribution is -0.434. The lowest BCUT2D eigenvalue weighted by atomic mass is 9.83. The van der Waals surface area contributed by atoms with Gasteiger partial charge < -0.3 is 10.1 Å². The Morgan fingerprint density at radius 1 is 1.08 bits per heavy atom. The van der Waals surface area contributed by atoms with Crippen LogP contribution in [0.25, 0.3) is 0 Å². The van der Waals surface area contributed by atoms with E-state index in [9.17, 15) is 20.6 Å². The first-order valence-electron chi connectivity index (χ1n) is 7.42. The quantitative estimate of drug-likeness (QED) is 0.678. The molecule has 0 amide bonds. The maximum absolute atomic E-state index is 11.7. The summed E-state index contributed by atoms with van der Waals surface area (Å²) in [6, 6.07) is 19.2. The Hall–Kier alpha value is -3.84. The molecule has 0 radical (unpaired) electrons. The number of para-hydroxylation sites is 2. The number of benzene rings is 2. The van der Waals surface area contributed by atoms with Crippen molar-refractivity contribution < 1.29 is 9.66 Å². The predicted molar refractivity (Wildman–Crippen MR) is 88.6 cm³/mol. The topological polar surface area (TPSA) is 112 Å². The van der Waals surface area contributed by atoms with Gasteiger partial charge >= 0.3 is 5.70 Å². The number of ether oxygens (including phenoxy) is 1. The molecule has 1 aliphatic rings. The highest BCUT2D eigenvalue weighted by Crippen LogP contribution is 2.43. The van der Waals surface area contributed by atoms with Gasteiger partial charge in [0.25, 0.3) is 5.88 Å². The molecule has 0 saturated heterocycles. The number of allylic oxidation sites excluding steroid dienone is 1. The summed E-state index contributed by atoms with van der Waals surface area (Å²) in [7, 11) is 0. The number of anilines is 1. The predicted octanol–water partition coefficient (Wildman–Crippen LogP) is 3.38. The van der Waals surface area contributed by atoms with Gasteiger partial charge in [0.05, 0.1) is 17.1 Å². The van der Waals surface area contributed by atoms with E-state index in [1.165, 1.54) is 0 Å². The van der Waals surface area contributed by atoms with Crippen molar-refractivity contribution in [1.29, 1.82) is 10.5 Å². The van der Waals surface area contributed by atoms with Gasteiger partial charge in [-0.3, -0.25) is 10.1 Å². The van der Waals surface area contributed by atoms with Gasteiger partial charge in [-0.1, -0.05) is 36.4 Å². The third-order valence-electron chi connectivity index (χ3n) is 3.83. The number of nitriles is 2. The Bertz CT molecular complexity index is 911. The molecule has 0 fully saturated rings. The fourth-order valence-electron chi connectivity index (χ4n) is 2.74. The highest BCUT2D eigenvalue weighted by molar-refractivity contribution is 5.53. The molecule has 0 bridgehead atoms. The molecule has 1 aliphatic heterocycles. The molecule has 1 unspecified atom stereocenters. The Kier molecular flexibility index (Phi) is 4.32. The minimum Gasteiger partial charge on any atom is -0.435 e. The molecule has 2 aromatic rings. The fourth-order valence-corrected chi connectivity index (χ4v) is 2.74. The van der Waals surface area contributed by atoms with Gasteiger partial charge in [0, 0.05) is 11.3 Å². The van der Waals surface area contributed by atoms with Gasteiger partial charge in [-0.25, -0.2) is 0 Å². The van der Waals surface area contributed by atoms with Gasteiger partial charge in [0.15, 0.2) is 5.92 Å². The second-order valence-corrected chi connectivity index (χ2v) is 5.32. The van der Waals surface area contributed by atoms with E-state index in [-0.39, 0.29) is 11.6 Å². The van der Waals surface area contributed by atoms with Crippen LogP contribution in [0.4, 0.5) is 5.69 Å². The first kappa shape index (κ1) is 16.0. The van der Waals surface area contributed by atoms with Crippen LogP contribution in [-0.4, -0.2) is 4.92 Å². The van der Waals surface area contributed by atoms with Crippen LogP contribution in [-0.2, 0) is 0 Å². The minimum atomic E-state index is -1.21. The number of rotatable bonds is 4. The van der Waals surface area contributed by atoms with Gasteiger partial charge in [-0.15, -0.1) is 0 Å². The molecule has 0 aliphatic carbocycles. The molecule has 7 nitrogen and oxygen atoms in total. The molecule has 0 aromatic heterocycles. The molecule has 122 valence electrons. The monoisotopic (exact) mass is 332 g/mol. The largest absolute Gasteiger partial charge is 0.435 e. The number of fused-ring (bicyclic) bond motifs is 1. The average Bonchev–Trinajstić information content (AvgIpc) is 2.63. The van der Waals surface area contributed by atoms with Gasteiger partial charge in [-0.05, 0) is 18.2 Å². The van der Waals surface area contributed by atoms with Crippen LogP contribution < -0.4 is 10.1 Å². The zero-order valence-corrected chi connectivity index (χ0v) is 12.9. The molecule has 25 heavy (non-hydrogen) atoms. The Morgan fingerprint density at radius 3 is 2.36 bits per heavy atom. The van der Waals surface area contributed by atoms with Crippen LogP contribution in [0, 0.1) is 38.7 Å². The molecule has 0 spiro atoms. The second kappa shape index (κ2) is 6.73. The highest BCUT2D eigenvalue weighted by atomic mass is 16.6. The van der Waals surface area contributed by atoms with Crippen molar-refractivity contribution in [3.8, 4) is 17.9 Å². The third-order valence-corrected chi connectivity index (χ3v) is 3.83. The van der Waals surface area contributed by atoms with Gasteiger partial charge in [-0.2, -0.15) is 10.5 Å². The fraction of sp³-hybridized carbons (Fsp3) is 0.111. The third kappa shape index (κ3) is 2.99. The average molecular weight is 332 g/mol. The van der Waals surface area contributed by atoms with Gasteiger partial charge in [0.2, 0.25) is 0 Å². The summed E-state index contributed by atoms with van der Waals surface area (Å²) in [5.74, 6) is -1.93. The van der Waals surface area contributed by atoms with Crippen molar-refractivity contribution in [3.05, 3.63) is 81.9 Å². The van der Waals surface area contributed by atoms with Crippen LogP contribution in [0.5, 0.6) is 5.75 Å². The molecular formula is C18H12N4O3. The Morgan fingerprint density at radius 2 is 1.72 bits per heavy atom. The van der Waals surface area contributed by atoms with Crippen LogP contribution in [0.15, 0.2) is 66.2 Å². The van der Waals surface area contributed by atoms with E-state index in [1.807, 2.05) is 18.2 Å². The molecule has 1 atom stereocenters. The normalized spacial score (nSPS) is 15.6. The minimum absolute atomic E-state index is 0.0876. The highest BCUT2D eigenvalue weighted by Gasteiger charge is 2.43. The summed E-state index contributed by atoms with van der Waals surface area (Å²) in [6.07, 6.45) is 0. The van der Waals surface area contributed by atoms with E-state index in [2.05, 4.69) is 5.32 Å². The van der Waals surface area contributed by atoms with Crippen molar-refractivity contribution in [2.75, 3.05) is 5.32 Å². The zero-order chi connectivity index (χ0) is 17.8.